The first-order chi connectivity index (χ1) is 12.3. The third-order valence-electron chi connectivity index (χ3n) is 4.10. The van der Waals surface area contributed by atoms with Crippen molar-refractivity contribution in [1.82, 2.24) is 5.32 Å². The van der Waals surface area contributed by atoms with E-state index in [1.54, 1.807) is 0 Å². The highest BCUT2D eigenvalue weighted by atomic mass is 16.5. The van der Waals surface area contributed by atoms with Crippen molar-refractivity contribution in [2.75, 3.05) is 13.2 Å². The number of ether oxygens (including phenoxy) is 1. The van der Waals surface area contributed by atoms with Crippen molar-refractivity contribution in [2.45, 2.75) is 97.3 Å². The SMILES string of the molecule is CCCCC/C=C\C/C=C\CCCCCCCCOC(=O)NCCC. The van der Waals surface area contributed by atoms with Crippen molar-refractivity contribution in [2.24, 2.45) is 0 Å². The van der Waals surface area contributed by atoms with Crippen LogP contribution in [-0.2, 0) is 4.74 Å². The maximum Gasteiger partial charge on any atom is 0.407 e. The Morgan fingerprint density at radius 2 is 1.36 bits per heavy atom. The number of rotatable bonds is 17. The van der Waals surface area contributed by atoms with E-state index in [0.717, 1.165) is 25.7 Å². The molecule has 0 saturated carbocycles. The number of hydrogen-bond acceptors (Lipinski definition) is 2. The molecule has 0 atom stereocenters. The monoisotopic (exact) mass is 351 g/mol. The van der Waals surface area contributed by atoms with Gasteiger partial charge in [-0.25, -0.2) is 4.79 Å². The fourth-order valence-corrected chi connectivity index (χ4v) is 2.53. The van der Waals surface area contributed by atoms with Crippen LogP contribution in [-0.4, -0.2) is 19.2 Å². The Balaban J connectivity index is 3.20. The van der Waals surface area contributed by atoms with Crippen LogP contribution in [0.4, 0.5) is 4.79 Å². The molecule has 0 aliphatic heterocycles. The molecule has 146 valence electrons. The van der Waals surface area contributed by atoms with Gasteiger partial charge in [-0.3, -0.25) is 0 Å². The lowest BCUT2D eigenvalue weighted by molar-refractivity contribution is 0.144. The Labute approximate surface area is 156 Å². The molecule has 0 spiro atoms. The molecule has 3 nitrogen and oxygen atoms in total. The molecule has 3 heteroatoms. The molecule has 0 heterocycles. The zero-order chi connectivity index (χ0) is 18.4. The Kier molecular flexibility index (Phi) is 19.8. The van der Waals surface area contributed by atoms with Crippen LogP contribution in [0.2, 0.25) is 0 Å². The minimum atomic E-state index is -0.274. The number of amides is 1. The molecule has 0 fully saturated rings. The summed E-state index contributed by atoms with van der Waals surface area (Å²) >= 11 is 0. The van der Waals surface area contributed by atoms with Gasteiger partial charge in [-0.15, -0.1) is 0 Å². The number of unbranched alkanes of at least 4 members (excludes halogenated alkanes) is 9. The van der Waals surface area contributed by atoms with Crippen LogP contribution in [0.1, 0.15) is 97.3 Å². The first kappa shape index (κ1) is 23.8. The van der Waals surface area contributed by atoms with Crippen LogP contribution in [0.15, 0.2) is 24.3 Å². The second-order valence-corrected chi connectivity index (χ2v) is 6.65. The molecule has 0 aromatic carbocycles. The molecule has 0 saturated heterocycles. The minimum Gasteiger partial charge on any atom is -0.450 e. The zero-order valence-electron chi connectivity index (χ0n) is 16.7. The number of carbonyl (C=O) groups is 1. The zero-order valence-corrected chi connectivity index (χ0v) is 16.7. The van der Waals surface area contributed by atoms with E-state index in [2.05, 4.69) is 36.5 Å². The van der Waals surface area contributed by atoms with Crippen molar-refractivity contribution in [3.63, 3.8) is 0 Å². The summed E-state index contributed by atoms with van der Waals surface area (Å²) in [5, 5.41) is 2.72. The summed E-state index contributed by atoms with van der Waals surface area (Å²) in [7, 11) is 0. The first-order valence-electron chi connectivity index (χ1n) is 10.5. The summed E-state index contributed by atoms with van der Waals surface area (Å²) in [6.07, 6.45) is 24.6. The van der Waals surface area contributed by atoms with Gasteiger partial charge in [0.25, 0.3) is 0 Å². The average molecular weight is 352 g/mol. The van der Waals surface area contributed by atoms with Crippen molar-refractivity contribution >= 4 is 6.09 Å². The summed E-state index contributed by atoms with van der Waals surface area (Å²) in [5.74, 6) is 0. The third kappa shape index (κ3) is 20.7. The summed E-state index contributed by atoms with van der Waals surface area (Å²) in [6.45, 7) is 5.52. The molecule has 0 aromatic heterocycles. The maximum atomic E-state index is 11.2. The van der Waals surface area contributed by atoms with Gasteiger partial charge < -0.3 is 10.1 Å². The Hall–Kier alpha value is -1.25. The van der Waals surface area contributed by atoms with E-state index in [4.69, 9.17) is 4.74 Å². The van der Waals surface area contributed by atoms with E-state index in [0.29, 0.717) is 13.2 Å². The van der Waals surface area contributed by atoms with Crippen LogP contribution in [0, 0.1) is 0 Å². The van der Waals surface area contributed by atoms with E-state index < -0.39 is 0 Å². The lowest BCUT2D eigenvalue weighted by Gasteiger charge is -2.05. The van der Waals surface area contributed by atoms with Crippen LogP contribution >= 0.6 is 0 Å². The van der Waals surface area contributed by atoms with Gasteiger partial charge in [-0.1, -0.05) is 76.7 Å². The number of carbonyl (C=O) groups excluding carboxylic acids is 1. The van der Waals surface area contributed by atoms with Gasteiger partial charge in [0.1, 0.15) is 0 Å². The Morgan fingerprint density at radius 1 is 0.760 bits per heavy atom. The predicted octanol–water partition coefficient (Wildman–Crippen LogP) is 6.94. The highest BCUT2D eigenvalue weighted by Crippen LogP contribution is 2.08. The van der Waals surface area contributed by atoms with Crippen LogP contribution in [0.5, 0.6) is 0 Å². The summed E-state index contributed by atoms with van der Waals surface area (Å²) in [6, 6.07) is 0. The van der Waals surface area contributed by atoms with Crippen LogP contribution in [0.25, 0.3) is 0 Å². The molecule has 0 aliphatic carbocycles. The number of alkyl carbamates (subject to hydrolysis) is 1. The highest BCUT2D eigenvalue weighted by molar-refractivity contribution is 5.66. The summed E-state index contributed by atoms with van der Waals surface area (Å²) < 4.78 is 5.10. The van der Waals surface area contributed by atoms with Crippen LogP contribution in [0.3, 0.4) is 0 Å². The molecular formula is C22H41NO2. The van der Waals surface area contributed by atoms with E-state index >= 15 is 0 Å². The van der Waals surface area contributed by atoms with E-state index in [-0.39, 0.29) is 6.09 Å². The summed E-state index contributed by atoms with van der Waals surface area (Å²) in [4.78, 5) is 11.2. The fourth-order valence-electron chi connectivity index (χ4n) is 2.53. The smallest absolute Gasteiger partial charge is 0.407 e. The third-order valence-corrected chi connectivity index (χ3v) is 4.10. The lowest BCUT2D eigenvalue weighted by Crippen LogP contribution is -2.25. The van der Waals surface area contributed by atoms with Gasteiger partial charge in [-0.05, 0) is 44.9 Å². The van der Waals surface area contributed by atoms with Gasteiger partial charge in [0.2, 0.25) is 0 Å². The molecule has 1 N–H and O–H groups in total. The van der Waals surface area contributed by atoms with Gasteiger partial charge in [-0.2, -0.15) is 0 Å². The topological polar surface area (TPSA) is 38.3 Å². The Morgan fingerprint density at radius 3 is 2.00 bits per heavy atom. The second-order valence-electron chi connectivity index (χ2n) is 6.65. The minimum absolute atomic E-state index is 0.274. The van der Waals surface area contributed by atoms with Crippen molar-refractivity contribution in [1.29, 1.82) is 0 Å². The molecule has 0 aliphatic rings. The predicted molar refractivity (Wildman–Crippen MR) is 109 cm³/mol. The normalized spacial score (nSPS) is 11.4. The fraction of sp³-hybridized carbons (Fsp3) is 0.773. The van der Waals surface area contributed by atoms with Gasteiger partial charge >= 0.3 is 6.09 Å². The molecule has 0 rings (SSSR count). The van der Waals surface area contributed by atoms with E-state index in [1.807, 2.05) is 6.92 Å². The molecule has 25 heavy (non-hydrogen) atoms. The standard InChI is InChI=1S/C22H41NO2/c1-3-5-6-7-8-9-10-11-12-13-14-15-16-17-18-19-21-25-22(24)23-20-4-2/h8-9,11-12H,3-7,10,13-21H2,1-2H3,(H,23,24)/b9-8-,12-11-. The molecule has 0 radical (unpaired) electrons. The molecule has 0 unspecified atom stereocenters. The van der Waals surface area contributed by atoms with Crippen molar-refractivity contribution in [3.8, 4) is 0 Å². The lowest BCUT2D eigenvalue weighted by atomic mass is 10.1. The summed E-state index contributed by atoms with van der Waals surface area (Å²) in [5.41, 5.74) is 0. The Bertz CT molecular complexity index is 337. The van der Waals surface area contributed by atoms with Crippen molar-refractivity contribution < 1.29 is 9.53 Å². The van der Waals surface area contributed by atoms with Crippen molar-refractivity contribution in [3.05, 3.63) is 24.3 Å². The van der Waals surface area contributed by atoms with E-state index in [1.165, 1.54) is 57.8 Å². The molecule has 0 aromatic rings. The van der Waals surface area contributed by atoms with Gasteiger partial charge in [0, 0.05) is 6.54 Å². The molecule has 1 amide bonds. The number of allylic oxidation sites excluding steroid dienone is 4. The highest BCUT2D eigenvalue weighted by Gasteiger charge is 1.99. The second kappa shape index (κ2) is 20.8. The van der Waals surface area contributed by atoms with Gasteiger partial charge in [0.15, 0.2) is 0 Å². The number of nitrogens with one attached hydrogen (secondary N) is 1. The van der Waals surface area contributed by atoms with Gasteiger partial charge in [0.05, 0.1) is 6.61 Å². The van der Waals surface area contributed by atoms with E-state index in [9.17, 15) is 4.79 Å². The van der Waals surface area contributed by atoms with Crippen LogP contribution < -0.4 is 5.32 Å². The molecule has 0 bridgehead atoms. The maximum absolute atomic E-state index is 11.2. The first-order valence-corrected chi connectivity index (χ1v) is 10.5. The molecular weight excluding hydrogens is 310 g/mol. The quantitative estimate of drug-likeness (QED) is 0.228. The number of hydrogen-bond donors (Lipinski definition) is 1. The largest absolute Gasteiger partial charge is 0.450 e. The average Bonchev–Trinajstić information content (AvgIpc) is 2.62.